The standard InChI is InChI=1S/C21H16BrN3O3/c1-12-2-7-18-17(8-12)20(21(27)23-18)25-24-19(26)11-28-16-6-4-13-9-15(22)5-3-14(13)10-16/h2-10,23,27H,11H2,1H3. The van der Waals surface area contributed by atoms with Crippen molar-refractivity contribution in [2.75, 3.05) is 6.61 Å². The summed E-state index contributed by atoms with van der Waals surface area (Å²) < 4.78 is 6.53. The molecule has 28 heavy (non-hydrogen) atoms. The second kappa shape index (κ2) is 7.44. The first-order valence-corrected chi connectivity index (χ1v) is 9.37. The molecule has 3 aromatic carbocycles. The number of amides is 1. The molecule has 0 aliphatic carbocycles. The van der Waals surface area contributed by atoms with Gasteiger partial charge in [0.1, 0.15) is 5.75 Å². The molecule has 140 valence electrons. The topological polar surface area (TPSA) is 87.0 Å². The molecule has 0 saturated heterocycles. The lowest BCUT2D eigenvalue weighted by atomic mass is 10.1. The van der Waals surface area contributed by atoms with Crippen LogP contribution in [0.15, 0.2) is 69.3 Å². The number of ether oxygens (including phenoxy) is 1. The lowest BCUT2D eigenvalue weighted by Gasteiger charge is -2.05. The zero-order valence-corrected chi connectivity index (χ0v) is 16.5. The molecule has 0 aliphatic heterocycles. The van der Waals surface area contributed by atoms with Gasteiger partial charge in [-0.3, -0.25) is 4.79 Å². The molecule has 1 aromatic heterocycles. The summed E-state index contributed by atoms with van der Waals surface area (Å²) in [6.07, 6.45) is 0. The molecule has 6 nitrogen and oxygen atoms in total. The van der Waals surface area contributed by atoms with Crippen molar-refractivity contribution >= 4 is 49.2 Å². The normalized spacial score (nSPS) is 11.5. The van der Waals surface area contributed by atoms with Crippen molar-refractivity contribution in [2.24, 2.45) is 10.2 Å². The molecule has 0 fully saturated rings. The first kappa shape index (κ1) is 18.2. The van der Waals surface area contributed by atoms with Crippen molar-refractivity contribution in [3.63, 3.8) is 0 Å². The Balaban J connectivity index is 1.47. The van der Waals surface area contributed by atoms with Gasteiger partial charge in [0, 0.05) is 9.86 Å². The van der Waals surface area contributed by atoms with E-state index in [0.29, 0.717) is 11.1 Å². The molecule has 0 atom stereocenters. The Kier molecular flexibility index (Phi) is 4.83. The fraction of sp³-hybridized carbons (Fsp3) is 0.0952. The fourth-order valence-corrected chi connectivity index (χ4v) is 3.32. The second-order valence-corrected chi connectivity index (χ2v) is 7.32. The summed E-state index contributed by atoms with van der Waals surface area (Å²) in [6, 6.07) is 17.1. The van der Waals surface area contributed by atoms with Crippen molar-refractivity contribution in [2.45, 2.75) is 6.92 Å². The van der Waals surface area contributed by atoms with Crippen LogP contribution in [0.1, 0.15) is 5.56 Å². The fourth-order valence-electron chi connectivity index (χ4n) is 2.94. The van der Waals surface area contributed by atoms with Crippen molar-refractivity contribution in [3.8, 4) is 11.6 Å². The van der Waals surface area contributed by atoms with Gasteiger partial charge >= 0.3 is 5.91 Å². The van der Waals surface area contributed by atoms with E-state index < -0.39 is 5.91 Å². The van der Waals surface area contributed by atoms with E-state index in [2.05, 4.69) is 31.1 Å². The molecule has 7 heteroatoms. The Bertz CT molecular complexity index is 1230. The third-order valence-corrected chi connectivity index (χ3v) is 4.80. The number of hydrogen-bond donors (Lipinski definition) is 2. The number of fused-ring (bicyclic) bond motifs is 2. The van der Waals surface area contributed by atoms with Crippen LogP contribution in [0.2, 0.25) is 0 Å². The van der Waals surface area contributed by atoms with Gasteiger partial charge in [0.15, 0.2) is 12.3 Å². The van der Waals surface area contributed by atoms with Crippen LogP contribution in [0.3, 0.4) is 0 Å². The number of halogens is 1. The number of aryl methyl sites for hydroxylation is 1. The first-order valence-electron chi connectivity index (χ1n) is 8.57. The molecule has 0 bridgehead atoms. The van der Waals surface area contributed by atoms with Crippen LogP contribution in [-0.2, 0) is 4.79 Å². The van der Waals surface area contributed by atoms with Crippen molar-refractivity contribution in [1.29, 1.82) is 0 Å². The summed E-state index contributed by atoms with van der Waals surface area (Å²) in [5.41, 5.74) is 1.98. The van der Waals surface area contributed by atoms with Gasteiger partial charge in [-0.15, -0.1) is 10.2 Å². The molecule has 0 spiro atoms. The van der Waals surface area contributed by atoms with Gasteiger partial charge in [-0.2, -0.15) is 0 Å². The molecule has 0 saturated carbocycles. The highest BCUT2D eigenvalue weighted by Gasteiger charge is 2.11. The minimum Gasteiger partial charge on any atom is -0.493 e. The number of aromatic hydroxyl groups is 1. The Labute approximate surface area is 169 Å². The zero-order valence-electron chi connectivity index (χ0n) is 14.9. The third-order valence-electron chi connectivity index (χ3n) is 4.31. The van der Waals surface area contributed by atoms with E-state index in [9.17, 15) is 9.90 Å². The zero-order chi connectivity index (χ0) is 19.7. The van der Waals surface area contributed by atoms with Gasteiger partial charge in [0.2, 0.25) is 5.88 Å². The predicted octanol–water partition coefficient (Wildman–Crippen LogP) is 5.79. The van der Waals surface area contributed by atoms with E-state index in [1.807, 2.05) is 55.5 Å². The lowest BCUT2D eigenvalue weighted by molar-refractivity contribution is -0.120. The van der Waals surface area contributed by atoms with E-state index in [1.165, 1.54) is 0 Å². The highest BCUT2D eigenvalue weighted by molar-refractivity contribution is 9.10. The van der Waals surface area contributed by atoms with Crippen LogP contribution in [0.4, 0.5) is 5.69 Å². The number of azo groups is 1. The molecular formula is C21H16BrN3O3. The van der Waals surface area contributed by atoms with Crippen LogP contribution in [0.25, 0.3) is 21.7 Å². The molecule has 4 aromatic rings. The highest BCUT2D eigenvalue weighted by atomic mass is 79.9. The number of nitrogens with one attached hydrogen (secondary N) is 1. The van der Waals surface area contributed by atoms with E-state index in [-0.39, 0.29) is 18.2 Å². The largest absolute Gasteiger partial charge is 0.493 e. The first-order chi connectivity index (χ1) is 13.5. The predicted molar refractivity (Wildman–Crippen MR) is 111 cm³/mol. The van der Waals surface area contributed by atoms with Gasteiger partial charge in [-0.1, -0.05) is 39.7 Å². The van der Waals surface area contributed by atoms with E-state index >= 15 is 0 Å². The van der Waals surface area contributed by atoms with Gasteiger partial charge in [0.05, 0.1) is 5.52 Å². The maximum absolute atomic E-state index is 12.1. The molecule has 0 aliphatic rings. The maximum atomic E-state index is 12.1. The molecule has 1 amide bonds. The number of hydrogen-bond acceptors (Lipinski definition) is 4. The Morgan fingerprint density at radius 1 is 1.11 bits per heavy atom. The average Bonchev–Trinajstić information content (AvgIpc) is 2.99. The van der Waals surface area contributed by atoms with Crippen LogP contribution >= 0.6 is 15.9 Å². The number of nitrogens with zero attached hydrogens (tertiary/aromatic N) is 2. The quantitative estimate of drug-likeness (QED) is 0.396. The minimum atomic E-state index is -0.544. The number of H-pyrrole nitrogens is 1. The van der Waals surface area contributed by atoms with Gasteiger partial charge in [-0.05, 0) is 54.1 Å². The van der Waals surface area contributed by atoms with Crippen LogP contribution in [0, 0.1) is 6.92 Å². The molecular weight excluding hydrogens is 422 g/mol. The monoisotopic (exact) mass is 437 g/mol. The van der Waals surface area contributed by atoms with Crippen molar-refractivity contribution < 1.29 is 14.6 Å². The van der Waals surface area contributed by atoms with Crippen LogP contribution in [0.5, 0.6) is 11.6 Å². The molecule has 2 N–H and O–H groups in total. The SMILES string of the molecule is Cc1ccc2[nH]c(O)c(N=NC(=O)COc3ccc4cc(Br)ccc4c3)c2c1. The highest BCUT2D eigenvalue weighted by Crippen LogP contribution is 2.35. The molecule has 4 rings (SSSR count). The summed E-state index contributed by atoms with van der Waals surface area (Å²) in [5.74, 6) is -0.0972. The minimum absolute atomic E-state index is 0.126. The van der Waals surface area contributed by atoms with E-state index in [4.69, 9.17) is 4.74 Å². The van der Waals surface area contributed by atoms with Crippen molar-refractivity contribution in [1.82, 2.24) is 4.98 Å². The summed E-state index contributed by atoms with van der Waals surface area (Å²) in [5, 5.41) is 20.4. The number of rotatable bonds is 4. The summed E-state index contributed by atoms with van der Waals surface area (Å²) in [6.45, 7) is 1.69. The second-order valence-electron chi connectivity index (χ2n) is 6.41. The number of benzene rings is 3. The molecule has 1 heterocycles. The van der Waals surface area contributed by atoms with E-state index in [0.717, 1.165) is 26.3 Å². The average molecular weight is 438 g/mol. The Morgan fingerprint density at radius 2 is 1.89 bits per heavy atom. The lowest BCUT2D eigenvalue weighted by Crippen LogP contribution is -2.07. The van der Waals surface area contributed by atoms with Gasteiger partial charge < -0.3 is 14.8 Å². The Hall–Kier alpha value is -3.19. The number of carbonyl (C=O) groups is 1. The van der Waals surface area contributed by atoms with E-state index in [1.54, 1.807) is 6.07 Å². The molecule has 0 radical (unpaired) electrons. The van der Waals surface area contributed by atoms with Crippen LogP contribution < -0.4 is 4.74 Å². The number of carbonyl (C=O) groups excluding carboxylic acids is 1. The molecule has 0 unspecified atom stereocenters. The number of aromatic nitrogens is 1. The maximum Gasteiger partial charge on any atom is 0.302 e. The summed E-state index contributed by atoms with van der Waals surface area (Å²) in [4.78, 5) is 14.9. The number of aromatic amines is 1. The summed E-state index contributed by atoms with van der Waals surface area (Å²) in [7, 11) is 0. The van der Waals surface area contributed by atoms with Crippen molar-refractivity contribution in [3.05, 3.63) is 64.6 Å². The Morgan fingerprint density at radius 3 is 2.75 bits per heavy atom. The van der Waals surface area contributed by atoms with Gasteiger partial charge in [0.25, 0.3) is 0 Å². The van der Waals surface area contributed by atoms with Gasteiger partial charge in [-0.25, -0.2) is 0 Å². The summed E-state index contributed by atoms with van der Waals surface area (Å²) >= 11 is 3.44. The third kappa shape index (κ3) is 3.75. The van der Waals surface area contributed by atoms with Crippen LogP contribution in [-0.4, -0.2) is 22.6 Å². The smallest absolute Gasteiger partial charge is 0.302 e.